The average Bonchev–Trinajstić information content (AvgIpc) is 2.66. The van der Waals surface area contributed by atoms with Crippen molar-refractivity contribution < 1.29 is 9.53 Å². The summed E-state index contributed by atoms with van der Waals surface area (Å²) in [6, 6.07) is 0.401. The molecule has 0 aromatic rings. The number of hydrogen-bond donors (Lipinski definition) is 1. The molecule has 1 saturated carbocycles. The Bertz CT molecular complexity index is 315. The zero-order valence-corrected chi connectivity index (χ0v) is 13.6. The summed E-state index contributed by atoms with van der Waals surface area (Å²) in [5, 5.41) is 3.23. The molecule has 0 bridgehead atoms. The van der Waals surface area contributed by atoms with E-state index in [0.717, 1.165) is 39.1 Å². The molecule has 0 aromatic heterocycles. The van der Waals surface area contributed by atoms with Gasteiger partial charge in [0.25, 0.3) is 0 Å². The zero-order valence-electron chi connectivity index (χ0n) is 13.6. The Balaban J connectivity index is 1.71. The summed E-state index contributed by atoms with van der Waals surface area (Å²) >= 11 is 0. The second-order valence-electron chi connectivity index (χ2n) is 6.75. The molecule has 0 aromatic carbocycles. The van der Waals surface area contributed by atoms with Crippen LogP contribution in [0.1, 0.15) is 38.5 Å². The van der Waals surface area contributed by atoms with Crippen molar-refractivity contribution in [3.05, 3.63) is 0 Å². The smallest absolute Gasteiger partial charge is 0.234 e. The van der Waals surface area contributed by atoms with Crippen molar-refractivity contribution in [2.75, 3.05) is 46.9 Å². The third-order valence-electron chi connectivity index (χ3n) is 4.38. The fourth-order valence-electron chi connectivity index (χ4n) is 3.34. The molecule has 2 aliphatic rings. The standard InChI is InChI=1S/C16H31N3O2/c1-18(2)11-15-12-19(9-10-21-15)13-16(20)17-14-7-5-3-4-6-8-14/h14-15H,3-13H2,1-2H3,(H,17,20)/t15-/m0/s1. The van der Waals surface area contributed by atoms with Gasteiger partial charge in [-0.1, -0.05) is 25.7 Å². The van der Waals surface area contributed by atoms with Gasteiger partial charge in [-0.2, -0.15) is 0 Å². The lowest BCUT2D eigenvalue weighted by Gasteiger charge is -2.34. The first-order valence-corrected chi connectivity index (χ1v) is 8.41. The minimum atomic E-state index is 0.187. The number of ether oxygens (including phenoxy) is 1. The molecule has 2 rings (SSSR count). The van der Waals surface area contributed by atoms with Gasteiger partial charge in [-0.05, 0) is 26.9 Å². The summed E-state index contributed by atoms with van der Waals surface area (Å²) < 4.78 is 5.75. The minimum Gasteiger partial charge on any atom is -0.374 e. The first kappa shape index (κ1) is 16.7. The zero-order chi connectivity index (χ0) is 15.1. The molecular formula is C16H31N3O2. The van der Waals surface area contributed by atoms with Gasteiger partial charge in [-0.15, -0.1) is 0 Å². The first-order chi connectivity index (χ1) is 10.1. The lowest BCUT2D eigenvalue weighted by atomic mass is 10.1. The predicted octanol–water partition coefficient (Wildman–Crippen LogP) is 1.09. The number of nitrogens with zero attached hydrogens (tertiary/aromatic N) is 2. The van der Waals surface area contributed by atoms with E-state index in [9.17, 15) is 4.79 Å². The van der Waals surface area contributed by atoms with Crippen LogP contribution in [-0.2, 0) is 9.53 Å². The largest absolute Gasteiger partial charge is 0.374 e. The van der Waals surface area contributed by atoms with Crippen molar-refractivity contribution in [2.24, 2.45) is 0 Å². The number of rotatable bonds is 5. The van der Waals surface area contributed by atoms with Crippen LogP contribution in [-0.4, -0.2) is 74.7 Å². The molecule has 5 nitrogen and oxygen atoms in total. The Labute approximate surface area is 129 Å². The van der Waals surface area contributed by atoms with Crippen LogP contribution < -0.4 is 5.32 Å². The maximum Gasteiger partial charge on any atom is 0.234 e. The molecule has 0 unspecified atom stereocenters. The van der Waals surface area contributed by atoms with Crippen LogP contribution in [0.2, 0.25) is 0 Å². The Hall–Kier alpha value is -0.650. The first-order valence-electron chi connectivity index (χ1n) is 8.41. The molecule has 1 heterocycles. The topological polar surface area (TPSA) is 44.8 Å². The molecule has 21 heavy (non-hydrogen) atoms. The highest BCUT2D eigenvalue weighted by molar-refractivity contribution is 5.78. The maximum atomic E-state index is 12.2. The van der Waals surface area contributed by atoms with Crippen LogP contribution in [0.4, 0.5) is 0 Å². The highest BCUT2D eigenvalue weighted by Gasteiger charge is 2.23. The van der Waals surface area contributed by atoms with Gasteiger partial charge in [0.1, 0.15) is 0 Å². The van der Waals surface area contributed by atoms with Gasteiger partial charge < -0.3 is 15.0 Å². The summed E-state index contributed by atoms with van der Waals surface area (Å²) in [6.07, 6.45) is 7.68. The fraction of sp³-hybridized carbons (Fsp3) is 0.938. The van der Waals surface area contributed by atoms with Gasteiger partial charge in [0.2, 0.25) is 5.91 Å². The van der Waals surface area contributed by atoms with Crippen LogP contribution in [0.15, 0.2) is 0 Å². The Morgan fingerprint density at radius 3 is 2.62 bits per heavy atom. The van der Waals surface area contributed by atoms with Gasteiger partial charge in [0, 0.05) is 25.7 Å². The van der Waals surface area contributed by atoms with Crippen LogP contribution in [0.25, 0.3) is 0 Å². The molecule has 1 aliphatic heterocycles. The number of nitrogens with one attached hydrogen (secondary N) is 1. The minimum absolute atomic E-state index is 0.187. The molecule has 1 aliphatic carbocycles. The molecule has 2 fully saturated rings. The number of carbonyl (C=O) groups is 1. The molecule has 5 heteroatoms. The van der Waals surface area contributed by atoms with Crippen LogP contribution in [0, 0.1) is 0 Å². The number of carbonyl (C=O) groups excluding carboxylic acids is 1. The summed E-state index contributed by atoms with van der Waals surface area (Å²) in [4.78, 5) is 16.6. The van der Waals surface area contributed by atoms with Gasteiger partial charge in [-0.25, -0.2) is 0 Å². The van der Waals surface area contributed by atoms with Crippen molar-refractivity contribution >= 4 is 5.91 Å². The predicted molar refractivity (Wildman–Crippen MR) is 84.4 cm³/mol. The fourth-order valence-corrected chi connectivity index (χ4v) is 3.34. The quantitative estimate of drug-likeness (QED) is 0.772. The van der Waals surface area contributed by atoms with E-state index in [0.29, 0.717) is 12.6 Å². The summed E-state index contributed by atoms with van der Waals surface area (Å²) in [6.45, 7) is 3.89. The number of morpholine rings is 1. The molecule has 122 valence electrons. The number of hydrogen-bond acceptors (Lipinski definition) is 4. The van der Waals surface area contributed by atoms with E-state index in [2.05, 4.69) is 29.2 Å². The maximum absolute atomic E-state index is 12.2. The third kappa shape index (κ3) is 6.32. The third-order valence-corrected chi connectivity index (χ3v) is 4.38. The van der Waals surface area contributed by atoms with E-state index in [1.807, 2.05) is 0 Å². The van der Waals surface area contributed by atoms with Crippen LogP contribution in [0.5, 0.6) is 0 Å². The summed E-state index contributed by atoms with van der Waals surface area (Å²) in [7, 11) is 4.11. The van der Waals surface area contributed by atoms with E-state index >= 15 is 0 Å². The Morgan fingerprint density at radius 1 is 1.24 bits per heavy atom. The molecule has 1 atom stereocenters. The van der Waals surface area contributed by atoms with E-state index in [4.69, 9.17) is 4.74 Å². The van der Waals surface area contributed by atoms with Gasteiger partial charge in [-0.3, -0.25) is 9.69 Å². The second kappa shape index (κ2) is 8.71. The van der Waals surface area contributed by atoms with Crippen LogP contribution in [0.3, 0.4) is 0 Å². The molecule has 0 spiro atoms. The lowest BCUT2D eigenvalue weighted by Crippen LogP contribution is -2.50. The molecule has 1 amide bonds. The van der Waals surface area contributed by atoms with Gasteiger partial charge in [0.15, 0.2) is 0 Å². The normalized spacial score (nSPS) is 25.8. The molecular weight excluding hydrogens is 266 g/mol. The lowest BCUT2D eigenvalue weighted by molar-refractivity contribution is -0.125. The SMILES string of the molecule is CN(C)C[C@H]1CN(CC(=O)NC2CCCCCC2)CCO1. The van der Waals surface area contributed by atoms with E-state index in [1.54, 1.807) is 0 Å². The van der Waals surface area contributed by atoms with Crippen molar-refractivity contribution in [2.45, 2.75) is 50.7 Å². The van der Waals surface area contributed by atoms with E-state index < -0.39 is 0 Å². The number of likely N-dealkylation sites (N-methyl/N-ethyl adjacent to an activating group) is 1. The molecule has 0 radical (unpaired) electrons. The highest BCUT2D eigenvalue weighted by Crippen LogP contribution is 2.17. The van der Waals surface area contributed by atoms with Crippen molar-refractivity contribution in [1.29, 1.82) is 0 Å². The second-order valence-corrected chi connectivity index (χ2v) is 6.75. The summed E-state index contributed by atoms with van der Waals surface area (Å²) in [5.74, 6) is 0.187. The van der Waals surface area contributed by atoms with Crippen LogP contribution >= 0.6 is 0 Å². The molecule has 1 N–H and O–H groups in total. The van der Waals surface area contributed by atoms with Crippen molar-refractivity contribution in [3.63, 3.8) is 0 Å². The molecule has 1 saturated heterocycles. The van der Waals surface area contributed by atoms with Gasteiger partial charge in [0.05, 0.1) is 19.3 Å². The van der Waals surface area contributed by atoms with Gasteiger partial charge >= 0.3 is 0 Å². The van der Waals surface area contributed by atoms with Crippen molar-refractivity contribution in [1.82, 2.24) is 15.1 Å². The summed E-state index contributed by atoms with van der Waals surface area (Å²) in [5.41, 5.74) is 0. The van der Waals surface area contributed by atoms with Crippen molar-refractivity contribution in [3.8, 4) is 0 Å². The monoisotopic (exact) mass is 297 g/mol. The van der Waals surface area contributed by atoms with E-state index in [-0.39, 0.29) is 12.0 Å². The highest BCUT2D eigenvalue weighted by atomic mass is 16.5. The Kier molecular flexibility index (Phi) is 6.93. The Morgan fingerprint density at radius 2 is 1.95 bits per heavy atom. The number of amides is 1. The average molecular weight is 297 g/mol. The van der Waals surface area contributed by atoms with E-state index in [1.165, 1.54) is 25.7 Å².